The van der Waals surface area contributed by atoms with Crippen molar-refractivity contribution in [2.75, 3.05) is 22.6 Å². The van der Waals surface area contributed by atoms with E-state index < -0.39 is 5.82 Å². The molecule has 1 aliphatic rings. The fourth-order valence-corrected chi connectivity index (χ4v) is 2.02. The summed E-state index contributed by atoms with van der Waals surface area (Å²) in [6.07, 6.45) is 3.33. The number of aromatic nitrogens is 2. The molecule has 0 spiro atoms. The summed E-state index contributed by atoms with van der Waals surface area (Å²) < 4.78 is 13.9. The third kappa shape index (κ3) is 3.74. The molecular weight excluding hydrogens is 297 g/mol. The topological polar surface area (TPSA) is 70.2 Å². The summed E-state index contributed by atoms with van der Waals surface area (Å²) in [5, 5.41) is 6.06. The van der Waals surface area contributed by atoms with Crippen LogP contribution in [-0.4, -0.2) is 29.0 Å². The summed E-state index contributed by atoms with van der Waals surface area (Å²) in [5.41, 5.74) is 1.45. The standard InChI is InChI=1S/C16H18FN5O/c1-10(23)22(2)13-7-5-11(6-8-13)19-15-14(17)9-18-16(21-15)20-12-3-4-12/h5-9,12H,3-4H2,1-2H3,(H2,18,19,20,21). The minimum atomic E-state index is -0.517. The fourth-order valence-electron chi connectivity index (χ4n) is 2.02. The van der Waals surface area contributed by atoms with Crippen molar-refractivity contribution < 1.29 is 9.18 Å². The average molecular weight is 315 g/mol. The lowest BCUT2D eigenvalue weighted by molar-refractivity contribution is -0.116. The minimum Gasteiger partial charge on any atom is -0.351 e. The second-order valence-corrected chi connectivity index (χ2v) is 5.56. The molecule has 6 nitrogen and oxygen atoms in total. The highest BCUT2D eigenvalue weighted by molar-refractivity contribution is 5.91. The first kappa shape index (κ1) is 15.2. The fraction of sp³-hybridized carbons (Fsp3) is 0.312. The number of benzene rings is 1. The second-order valence-electron chi connectivity index (χ2n) is 5.56. The van der Waals surface area contributed by atoms with E-state index in [1.165, 1.54) is 11.8 Å². The van der Waals surface area contributed by atoms with Gasteiger partial charge in [-0.1, -0.05) is 0 Å². The third-order valence-electron chi connectivity index (χ3n) is 3.64. The number of carbonyl (C=O) groups excluding carboxylic acids is 1. The molecule has 2 N–H and O–H groups in total. The lowest BCUT2D eigenvalue weighted by atomic mass is 10.2. The summed E-state index contributed by atoms with van der Waals surface area (Å²) in [6.45, 7) is 1.50. The normalized spacial score (nSPS) is 13.5. The second kappa shape index (κ2) is 6.20. The van der Waals surface area contributed by atoms with Crippen molar-refractivity contribution in [3.8, 4) is 0 Å². The first-order valence-electron chi connectivity index (χ1n) is 7.43. The van der Waals surface area contributed by atoms with Gasteiger partial charge in [-0.15, -0.1) is 0 Å². The zero-order chi connectivity index (χ0) is 16.4. The van der Waals surface area contributed by atoms with Gasteiger partial charge in [0.25, 0.3) is 0 Å². The van der Waals surface area contributed by atoms with Crippen molar-refractivity contribution in [2.24, 2.45) is 0 Å². The molecular formula is C16H18FN5O. The molecule has 1 fully saturated rings. The van der Waals surface area contributed by atoms with Crippen LogP contribution in [-0.2, 0) is 4.79 Å². The Morgan fingerprint density at radius 2 is 2.00 bits per heavy atom. The highest BCUT2D eigenvalue weighted by Crippen LogP contribution is 2.25. The highest BCUT2D eigenvalue weighted by atomic mass is 19.1. The zero-order valence-electron chi connectivity index (χ0n) is 13.0. The summed E-state index contributed by atoms with van der Waals surface area (Å²) in [4.78, 5) is 21.0. The molecule has 1 saturated carbocycles. The van der Waals surface area contributed by atoms with Crippen LogP contribution in [0.25, 0.3) is 0 Å². The van der Waals surface area contributed by atoms with Crippen LogP contribution in [0.15, 0.2) is 30.5 Å². The number of hydrogen-bond donors (Lipinski definition) is 2. The number of nitrogens with one attached hydrogen (secondary N) is 2. The van der Waals surface area contributed by atoms with Crippen LogP contribution in [0, 0.1) is 5.82 Å². The van der Waals surface area contributed by atoms with Crippen LogP contribution in [0.3, 0.4) is 0 Å². The number of halogens is 1. The molecule has 0 radical (unpaired) electrons. The molecule has 23 heavy (non-hydrogen) atoms. The monoisotopic (exact) mass is 315 g/mol. The highest BCUT2D eigenvalue weighted by Gasteiger charge is 2.22. The molecule has 0 aliphatic heterocycles. The van der Waals surface area contributed by atoms with E-state index in [0.717, 1.165) is 24.7 Å². The van der Waals surface area contributed by atoms with E-state index in [1.54, 1.807) is 31.3 Å². The predicted octanol–water partition coefficient (Wildman–Crippen LogP) is 2.92. The molecule has 120 valence electrons. The van der Waals surface area contributed by atoms with Gasteiger partial charge in [0.1, 0.15) is 0 Å². The molecule has 1 aromatic heterocycles. The quantitative estimate of drug-likeness (QED) is 0.888. The summed E-state index contributed by atoms with van der Waals surface area (Å²) >= 11 is 0. The molecule has 0 atom stereocenters. The van der Waals surface area contributed by atoms with Gasteiger partial charge in [0.05, 0.1) is 6.20 Å². The van der Waals surface area contributed by atoms with Crippen LogP contribution in [0.2, 0.25) is 0 Å². The van der Waals surface area contributed by atoms with E-state index in [-0.39, 0.29) is 11.7 Å². The number of nitrogens with zero attached hydrogens (tertiary/aromatic N) is 3. The van der Waals surface area contributed by atoms with Gasteiger partial charge in [-0.3, -0.25) is 4.79 Å². The van der Waals surface area contributed by atoms with Gasteiger partial charge in [0.15, 0.2) is 11.6 Å². The van der Waals surface area contributed by atoms with Crippen LogP contribution in [0.1, 0.15) is 19.8 Å². The van der Waals surface area contributed by atoms with Crippen LogP contribution in [0.4, 0.5) is 27.5 Å². The number of amides is 1. The molecule has 2 aromatic rings. The Hall–Kier alpha value is -2.70. The van der Waals surface area contributed by atoms with Crippen LogP contribution < -0.4 is 15.5 Å². The largest absolute Gasteiger partial charge is 0.351 e. The molecule has 1 amide bonds. The first-order chi connectivity index (χ1) is 11.0. The smallest absolute Gasteiger partial charge is 0.225 e. The Morgan fingerprint density at radius 3 is 2.61 bits per heavy atom. The molecule has 3 rings (SSSR count). The SMILES string of the molecule is CC(=O)N(C)c1ccc(Nc2nc(NC3CC3)ncc2F)cc1. The number of carbonyl (C=O) groups is 1. The van der Waals surface area contributed by atoms with Crippen molar-refractivity contribution in [3.63, 3.8) is 0 Å². The summed E-state index contributed by atoms with van der Waals surface area (Å²) in [6, 6.07) is 7.50. The Balaban J connectivity index is 1.74. The Morgan fingerprint density at radius 1 is 1.30 bits per heavy atom. The zero-order valence-corrected chi connectivity index (χ0v) is 13.0. The molecule has 0 saturated heterocycles. The van der Waals surface area contributed by atoms with Crippen molar-refractivity contribution in [1.29, 1.82) is 0 Å². The Kier molecular flexibility index (Phi) is 4.10. The lowest BCUT2D eigenvalue weighted by Crippen LogP contribution is -2.22. The molecule has 1 aromatic carbocycles. The molecule has 1 heterocycles. The van der Waals surface area contributed by atoms with Crippen LogP contribution in [0.5, 0.6) is 0 Å². The van der Waals surface area contributed by atoms with Crippen LogP contribution >= 0.6 is 0 Å². The van der Waals surface area contributed by atoms with Gasteiger partial charge in [0.2, 0.25) is 11.9 Å². The Bertz CT molecular complexity index is 715. The van der Waals surface area contributed by atoms with E-state index in [4.69, 9.17) is 0 Å². The number of rotatable bonds is 5. The van der Waals surface area contributed by atoms with Gasteiger partial charge < -0.3 is 15.5 Å². The van der Waals surface area contributed by atoms with Gasteiger partial charge in [-0.2, -0.15) is 4.98 Å². The van der Waals surface area contributed by atoms with Gasteiger partial charge in [0, 0.05) is 31.4 Å². The average Bonchev–Trinajstić information content (AvgIpc) is 3.34. The predicted molar refractivity (Wildman–Crippen MR) is 87.4 cm³/mol. The maximum absolute atomic E-state index is 13.9. The van der Waals surface area contributed by atoms with E-state index in [0.29, 0.717) is 17.7 Å². The summed E-state index contributed by atoms with van der Waals surface area (Å²) in [7, 11) is 1.70. The first-order valence-corrected chi connectivity index (χ1v) is 7.43. The summed E-state index contributed by atoms with van der Waals surface area (Å²) in [5.74, 6) is -0.0280. The number of hydrogen-bond acceptors (Lipinski definition) is 5. The maximum atomic E-state index is 13.9. The molecule has 1 aliphatic carbocycles. The van der Waals surface area contributed by atoms with E-state index >= 15 is 0 Å². The van der Waals surface area contributed by atoms with Crippen molar-refractivity contribution >= 4 is 29.0 Å². The lowest BCUT2D eigenvalue weighted by Gasteiger charge is -2.15. The van der Waals surface area contributed by atoms with E-state index in [2.05, 4.69) is 20.6 Å². The van der Waals surface area contributed by atoms with E-state index in [9.17, 15) is 9.18 Å². The van der Waals surface area contributed by atoms with Gasteiger partial charge in [-0.05, 0) is 37.1 Å². The maximum Gasteiger partial charge on any atom is 0.225 e. The number of anilines is 4. The van der Waals surface area contributed by atoms with E-state index in [1.807, 2.05) is 0 Å². The third-order valence-corrected chi connectivity index (χ3v) is 3.64. The van der Waals surface area contributed by atoms with Crippen molar-refractivity contribution in [2.45, 2.75) is 25.8 Å². The minimum absolute atomic E-state index is 0.0525. The Labute approximate surface area is 133 Å². The van der Waals surface area contributed by atoms with Gasteiger partial charge in [-0.25, -0.2) is 9.37 Å². The molecule has 0 unspecified atom stereocenters. The van der Waals surface area contributed by atoms with Crippen molar-refractivity contribution in [1.82, 2.24) is 9.97 Å². The molecule has 7 heteroatoms. The van der Waals surface area contributed by atoms with Crippen molar-refractivity contribution in [3.05, 3.63) is 36.3 Å². The molecule has 0 bridgehead atoms. The van der Waals surface area contributed by atoms with Gasteiger partial charge >= 0.3 is 0 Å².